The molecule has 10 N–H and O–H groups in total. The monoisotopic (exact) mass is 543 g/mol. The van der Waals surface area contributed by atoms with Crippen LogP contribution in [0.4, 0.5) is 0 Å². The Hall–Kier alpha value is -4.49. The highest BCUT2D eigenvalue weighted by molar-refractivity contribution is 5.95. The van der Waals surface area contributed by atoms with Crippen LogP contribution >= 0.6 is 0 Å². The standard InChI is InChI=1S/C26H33N5O8/c1-14(32)22(25(37)30-20(26(38)39)13-21(28)34)31-24(36)19(12-16-7-9-17(33)10-8-16)29-23(35)18(27)11-15-5-3-2-4-6-15/h2-10,14,18-20,22,32-33H,11-13,27H2,1H3,(H2,28,34)(H,29,35)(H,30,37)(H,31,36)(H,38,39). The summed E-state index contributed by atoms with van der Waals surface area (Å²) in [5.74, 6) is -5.13. The SMILES string of the molecule is CC(O)C(NC(=O)C(Cc1ccc(O)cc1)NC(=O)C(N)Cc1ccccc1)C(=O)NC(CC(N)=O)C(=O)O. The lowest BCUT2D eigenvalue weighted by atomic mass is 10.0. The Morgan fingerprint density at radius 1 is 0.795 bits per heavy atom. The summed E-state index contributed by atoms with van der Waals surface area (Å²) >= 11 is 0. The van der Waals surface area contributed by atoms with Crippen LogP contribution in [0.1, 0.15) is 24.5 Å². The first-order valence-corrected chi connectivity index (χ1v) is 12.0. The maximum absolute atomic E-state index is 13.3. The Labute approximate surface area is 224 Å². The molecule has 210 valence electrons. The number of phenolic OH excluding ortho intramolecular Hbond substituents is 1. The lowest BCUT2D eigenvalue weighted by Crippen LogP contribution is -2.60. The lowest BCUT2D eigenvalue weighted by Gasteiger charge is -2.26. The Bertz CT molecular complexity index is 1160. The molecule has 5 unspecified atom stereocenters. The number of aliphatic carboxylic acids is 1. The van der Waals surface area contributed by atoms with E-state index in [1.807, 2.05) is 6.07 Å². The van der Waals surface area contributed by atoms with Crippen molar-refractivity contribution in [2.75, 3.05) is 0 Å². The van der Waals surface area contributed by atoms with Crippen LogP contribution in [-0.2, 0) is 36.8 Å². The number of nitrogens with one attached hydrogen (secondary N) is 3. The second-order valence-electron chi connectivity index (χ2n) is 9.02. The molecule has 0 spiro atoms. The summed E-state index contributed by atoms with van der Waals surface area (Å²) in [7, 11) is 0. The largest absolute Gasteiger partial charge is 0.508 e. The molecule has 0 saturated heterocycles. The van der Waals surface area contributed by atoms with Crippen molar-refractivity contribution >= 4 is 29.6 Å². The summed E-state index contributed by atoms with van der Waals surface area (Å²) in [6, 6.07) is 9.25. The normalized spacial score (nSPS) is 14.6. The van der Waals surface area contributed by atoms with Crippen LogP contribution < -0.4 is 27.4 Å². The van der Waals surface area contributed by atoms with Crippen molar-refractivity contribution in [2.24, 2.45) is 11.5 Å². The summed E-state index contributed by atoms with van der Waals surface area (Å²) in [6.07, 6.45) is -2.07. The zero-order chi connectivity index (χ0) is 29.1. The molecule has 5 atom stereocenters. The quantitative estimate of drug-likeness (QED) is 0.135. The van der Waals surface area contributed by atoms with E-state index in [-0.39, 0.29) is 18.6 Å². The second kappa shape index (κ2) is 14.4. The van der Waals surface area contributed by atoms with Gasteiger partial charge in [0.05, 0.1) is 18.6 Å². The van der Waals surface area contributed by atoms with Gasteiger partial charge in [-0.05, 0) is 36.6 Å². The maximum atomic E-state index is 13.3. The smallest absolute Gasteiger partial charge is 0.326 e. The molecule has 0 fully saturated rings. The third kappa shape index (κ3) is 10.1. The number of carbonyl (C=O) groups excluding carboxylic acids is 4. The van der Waals surface area contributed by atoms with Crippen LogP contribution in [0, 0.1) is 0 Å². The number of rotatable bonds is 14. The first-order valence-electron chi connectivity index (χ1n) is 12.0. The third-order valence-electron chi connectivity index (χ3n) is 5.73. The highest BCUT2D eigenvalue weighted by atomic mass is 16.4. The molecule has 0 bridgehead atoms. The second-order valence-corrected chi connectivity index (χ2v) is 9.02. The molecule has 0 aliphatic carbocycles. The van der Waals surface area contributed by atoms with Crippen LogP contribution in [0.5, 0.6) is 5.75 Å². The summed E-state index contributed by atoms with van der Waals surface area (Å²) < 4.78 is 0. The van der Waals surface area contributed by atoms with Gasteiger partial charge >= 0.3 is 5.97 Å². The number of phenols is 1. The van der Waals surface area contributed by atoms with Gasteiger partial charge in [-0.15, -0.1) is 0 Å². The van der Waals surface area contributed by atoms with Gasteiger partial charge in [0.1, 0.15) is 23.9 Å². The average Bonchev–Trinajstić information content (AvgIpc) is 2.87. The lowest BCUT2D eigenvalue weighted by molar-refractivity contribution is -0.144. The minimum absolute atomic E-state index is 0.0107. The van der Waals surface area contributed by atoms with E-state index in [9.17, 15) is 39.3 Å². The highest BCUT2D eigenvalue weighted by Gasteiger charge is 2.33. The predicted octanol–water partition coefficient (Wildman–Crippen LogP) is -1.70. The Kier molecular flexibility index (Phi) is 11.4. The third-order valence-corrected chi connectivity index (χ3v) is 5.73. The number of carbonyl (C=O) groups is 5. The van der Waals surface area contributed by atoms with Gasteiger partial charge < -0.3 is 42.7 Å². The van der Waals surface area contributed by atoms with Gasteiger partial charge in [0.25, 0.3) is 0 Å². The van der Waals surface area contributed by atoms with Crippen molar-refractivity contribution in [2.45, 2.75) is 56.5 Å². The van der Waals surface area contributed by atoms with Crippen molar-refractivity contribution in [3.05, 3.63) is 65.7 Å². The van der Waals surface area contributed by atoms with Crippen molar-refractivity contribution in [3.8, 4) is 5.75 Å². The van der Waals surface area contributed by atoms with Gasteiger partial charge in [-0.2, -0.15) is 0 Å². The van der Waals surface area contributed by atoms with Gasteiger partial charge in [-0.1, -0.05) is 42.5 Å². The predicted molar refractivity (Wildman–Crippen MR) is 139 cm³/mol. The number of aromatic hydroxyl groups is 1. The van der Waals surface area contributed by atoms with Gasteiger partial charge in [0.15, 0.2) is 0 Å². The van der Waals surface area contributed by atoms with E-state index >= 15 is 0 Å². The summed E-state index contributed by atoms with van der Waals surface area (Å²) in [4.78, 5) is 61.4. The summed E-state index contributed by atoms with van der Waals surface area (Å²) in [5, 5.41) is 35.9. The van der Waals surface area contributed by atoms with Gasteiger partial charge in [0, 0.05) is 6.42 Å². The van der Waals surface area contributed by atoms with Crippen molar-refractivity contribution in [1.82, 2.24) is 16.0 Å². The van der Waals surface area contributed by atoms with E-state index in [0.29, 0.717) is 5.56 Å². The van der Waals surface area contributed by atoms with E-state index in [4.69, 9.17) is 11.5 Å². The van der Waals surface area contributed by atoms with Gasteiger partial charge in [0.2, 0.25) is 23.6 Å². The van der Waals surface area contributed by atoms with E-state index < -0.39 is 66.3 Å². The molecule has 2 rings (SSSR count). The molecule has 0 aromatic heterocycles. The first-order chi connectivity index (χ1) is 18.4. The molecule has 2 aromatic carbocycles. The number of carboxylic acids is 1. The number of primary amides is 1. The fourth-order valence-corrected chi connectivity index (χ4v) is 3.64. The molecular weight excluding hydrogens is 510 g/mol. The minimum Gasteiger partial charge on any atom is -0.508 e. The number of hydrogen-bond donors (Lipinski definition) is 8. The fourth-order valence-electron chi connectivity index (χ4n) is 3.64. The van der Waals surface area contributed by atoms with Crippen LogP contribution in [0.2, 0.25) is 0 Å². The summed E-state index contributed by atoms with van der Waals surface area (Å²) in [5.41, 5.74) is 12.4. The average molecular weight is 544 g/mol. The molecule has 0 aliphatic heterocycles. The van der Waals surface area contributed by atoms with Crippen molar-refractivity contribution in [1.29, 1.82) is 0 Å². The number of aliphatic hydroxyl groups excluding tert-OH is 1. The molecule has 0 saturated carbocycles. The highest BCUT2D eigenvalue weighted by Crippen LogP contribution is 2.12. The maximum Gasteiger partial charge on any atom is 0.326 e. The van der Waals surface area contributed by atoms with Crippen LogP contribution in [-0.4, -0.2) is 75.2 Å². The number of carboxylic acid groups (broad SMARTS) is 1. The number of nitrogens with two attached hydrogens (primary N) is 2. The summed E-state index contributed by atoms with van der Waals surface area (Å²) in [6.45, 7) is 1.19. The number of hydrogen-bond acceptors (Lipinski definition) is 8. The molecule has 13 heteroatoms. The zero-order valence-electron chi connectivity index (χ0n) is 21.2. The Balaban J connectivity index is 2.22. The number of aliphatic hydroxyl groups is 1. The molecule has 13 nitrogen and oxygen atoms in total. The van der Waals surface area contributed by atoms with E-state index in [2.05, 4.69) is 16.0 Å². The Morgan fingerprint density at radius 3 is 1.90 bits per heavy atom. The van der Waals surface area contributed by atoms with E-state index in [1.165, 1.54) is 31.2 Å². The Morgan fingerprint density at radius 2 is 1.36 bits per heavy atom. The fraction of sp³-hybridized carbons (Fsp3) is 0.346. The zero-order valence-corrected chi connectivity index (χ0v) is 21.2. The molecule has 4 amide bonds. The van der Waals surface area contributed by atoms with E-state index in [0.717, 1.165) is 5.56 Å². The number of benzene rings is 2. The van der Waals surface area contributed by atoms with Crippen LogP contribution in [0.25, 0.3) is 0 Å². The molecule has 39 heavy (non-hydrogen) atoms. The van der Waals surface area contributed by atoms with E-state index in [1.54, 1.807) is 24.3 Å². The van der Waals surface area contributed by atoms with Crippen LogP contribution in [0.3, 0.4) is 0 Å². The molecule has 0 radical (unpaired) electrons. The molecule has 0 heterocycles. The minimum atomic E-state index is -1.68. The van der Waals surface area contributed by atoms with Crippen LogP contribution in [0.15, 0.2) is 54.6 Å². The molecule has 2 aromatic rings. The molecular formula is C26H33N5O8. The number of amides is 4. The van der Waals surface area contributed by atoms with Crippen molar-refractivity contribution in [3.63, 3.8) is 0 Å². The van der Waals surface area contributed by atoms with Crippen molar-refractivity contribution < 1.29 is 39.3 Å². The molecule has 0 aliphatic rings. The van der Waals surface area contributed by atoms with Gasteiger partial charge in [-0.3, -0.25) is 19.2 Å². The topological polar surface area (TPSA) is 234 Å². The van der Waals surface area contributed by atoms with Gasteiger partial charge in [-0.25, -0.2) is 4.79 Å². The first kappa shape index (κ1) is 30.7.